The molecule has 5 heteroatoms. The summed E-state index contributed by atoms with van der Waals surface area (Å²) in [7, 11) is 1.58. The lowest BCUT2D eigenvalue weighted by molar-refractivity contribution is 0.328. The van der Waals surface area contributed by atoms with Crippen LogP contribution >= 0.6 is 15.9 Å². The Bertz CT molecular complexity index is 606. The second-order valence-electron chi connectivity index (χ2n) is 3.44. The number of fused-ring (bicyclic) bond motifs is 1. The standard InChI is InChI=1S/C12H12BrNO3/c1-3-17-10-6-8(15)7-4-5-9(16-2)11(13)12(7)14-10/h4-6H,3H2,1-2H3,(H,14,15). The number of pyridine rings is 1. The number of H-pyrrole nitrogens is 1. The van der Waals surface area contributed by atoms with Crippen molar-refractivity contribution in [2.75, 3.05) is 13.7 Å². The van der Waals surface area contributed by atoms with Gasteiger partial charge in [0, 0.05) is 11.5 Å². The van der Waals surface area contributed by atoms with Crippen LogP contribution in [0.3, 0.4) is 0 Å². The molecule has 0 bridgehead atoms. The van der Waals surface area contributed by atoms with Gasteiger partial charge in [-0.3, -0.25) is 4.79 Å². The fourth-order valence-electron chi connectivity index (χ4n) is 1.63. The Labute approximate surface area is 107 Å². The lowest BCUT2D eigenvalue weighted by Crippen LogP contribution is -2.05. The largest absolute Gasteiger partial charge is 0.495 e. The minimum Gasteiger partial charge on any atom is -0.495 e. The van der Waals surface area contributed by atoms with Crippen molar-refractivity contribution < 1.29 is 9.47 Å². The third-order valence-electron chi connectivity index (χ3n) is 2.40. The third-order valence-corrected chi connectivity index (χ3v) is 3.19. The smallest absolute Gasteiger partial charge is 0.195 e. The van der Waals surface area contributed by atoms with Gasteiger partial charge in [0.2, 0.25) is 0 Å². The van der Waals surface area contributed by atoms with Gasteiger partial charge in [0.15, 0.2) is 11.3 Å². The molecule has 1 N–H and O–H groups in total. The zero-order valence-electron chi connectivity index (χ0n) is 9.54. The number of aromatic amines is 1. The van der Waals surface area contributed by atoms with E-state index in [1.165, 1.54) is 6.07 Å². The number of hydrogen-bond acceptors (Lipinski definition) is 3. The van der Waals surface area contributed by atoms with Crippen molar-refractivity contribution in [3.63, 3.8) is 0 Å². The van der Waals surface area contributed by atoms with E-state index >= 15 is 0 Å². The minimum absolute atomic E-state index is 0.0782. The predicted molar refractivity (Wildman–Crippen MR) is 70.0 cm³/mol. The molecule has 0 spiro atoms. The van der Waals surface area contributed by atoms with Gasteiger partial charge in [-0.1, -0.05) is 0 Å². The van der Waals surface area contributed by atoms with Gasteiger partial charge in [0.25, 0.3) is 0 Å². The number of methoxy groups -OCH3 is 1. The van der Waals surface area contributed by atoms with Crippen LogP contribution in [0.4, 0.5) is 0 Å². The fourth-order valence-corrected chi connectivity index (χ4v) is 2.24. The molecule has 1 aromatic heterocycles. The molecule has 17 heavy (non-hydrogen) atoms. The average molecular weight is 298 g/mol. The summed E-state index contributed by atoms with van der Waals surface area (Å²) in [6.07, 6.45) is 0. The monoisotopic (exact) mass is 297 g/mol. The molecule has 0 atom stereocenters. The Morgan fingerprint density at radius 2 is 2.18 bits per heavy atom. The minimum atomic E-state index is -0.0782. The van der Waals surface area contributed by atoms with Crippen molar-refractivity contribution in [3.05, 3.63) is 32.9 Å². The van der Waals surface area contributed by atoms with Crippen LogP contribution in [0.5, 0.6) is 11.6 Å². The average Bonchev–Trinajstić information content (AvgIpc) is 2.31. The van der Waals surface area contributed by atoms with E-state index in [0.29, 0.717) is 29.1 Å². The molecular formula is C12H12BrNO3. The molecule has 4 nitrogen and oxygen atoms in total. The van der Waals surface area contributed by atoms with Crippen LogP contribution in [0.25, 0.3) is 10.9 Å². The number of halogens is 1. The molecule has 1 aromatic carbocycles. The summed E-state index contributed by atoms with van der Waals surface area (Å²) in [6, 6.07) is 4.93. The molecule has 0 aliphatic rings. The molecule has 0 unspecified atom stereocenters. The lowest BCUT2D eigenvalue weighted by Gasteiger charge is -2.09. The van der Waals surface area contributed by atoms with Crippen molar-refractivity contribution in [2.45, 2.75) is 6.92 Å². The van der Waals surface area contributed by atoms with Gasteiger partial charge in [0.05, 0.1) is 23.7 Å². The predicted octanol–water partition coefficient (Wildman–Crippen LogP) is 2.70. The topological polar surface area (TPSA) is 51.3 Å². The Balaban J connectivity index is 2.74. The van der Waals surface area contributed by atoms with Gasteiger partial charge in [-0.25, -0.2) is 0 Å². The molecule has 0 aliphatic heterocycles. The highest BCUT2D eigenvalue weighted by atomic mass is 79.9. The fraction of sp³-hybridized carbons (Fsp3) is 0.250. The highest BCUT2D eigenvalue weighted by molar-refractivity contribution is 9.10. The van der Waals surface area contributed by atoms with E-state index in [1.54, 1.807) is 19.2 Å². The van der Waals surface area contributed by atoms with Crippen molar-refractivity contribution >= 4 is 26.8 Å². The number of ether oxygens (including phenoxy) is 2. The number of nitrogens with one attached hydrogen (secondary N) is 1. The van der Waals surface area contributed by atoms with Gasteiger partial charge in [-0.2, -0.15) is 0 Å². The highest BCUT2D eigenvalue weighted by Gasteiger charge is 2.09. The molecule has 2 rings (SSSR count). The number of hydrogen-bond donors (Lipinski definition) is 1. The van der Waals surface area contributed by atoms with Crippen LogP contribution in [-0.4, -0.2) is 18.7 Å². The van der Waals surface area contributed by atoms with Crippen LogP contribution in [0, 0.1) is 0 Å². The quantitative estimate of drug-likeness (QED) is 0.948. The SMILES string of the molecule is CCOc1cc(=O)c2ccc(OC)c(Br)c2[nH]1. The summed E-state index contributed by atoms with van der Waals surface area (Å²) in [5.41, 5.74) is 0.603. The zero-order chi connectivity index (χ0) is 12.4. The van der Waals surface area contributed by atoms with Crippen LogP contribution < -0.4 is 14.9 Å². The summed E-state index contributed by atoms with van der Waals surface area (Å²) in [4.78, 5) is 14.9. The molecule has 2 aromatic rings. The maximum absolute atomic E-state index is 11.9. The van der Waals surface area contributed by atoms with Crippen molar-refractivity contribution in [1.82, 2.24) is 4.98 Å². The van der Waals surface area contributed by atoms with Crippen LogP contribution in [0.15, 0.2) is 27.5 Å². The summed E-state index contributed by atoms with van der Waals surface area (Å²) in [5, 5.41) is 0.598. The van der Waals surface area contributed by atoms with E-state index in [4.69, 9.17) is 9.47 Å². The second kappa shape index (κ2) is 4.79. The van der Waals surface area contributed by atoms with Crippen molar-refractivity contribution in [1.29, 1.82) is 0 Å². The van der Waals surface area contributed by atoms with Crippen molar-refractivity contribution in [3.8, 4) is 11.6 Å². The van der Waals surface area contributed by atoms with E-state index in [0.717, 1.165) is 4.47 Å². The molecule has 0 saturated heterocycles. The molecular weight excluding hydrogens is 286 g/mol. The Morgan fingerprint density at radius 1 is 1.41 bits per heavy atom. The first-order valence-electron chi connectivity index (χ1n) is 5.19. The second-order valence-corrected chi connectivity index (χ2v) is 4.23. The van der Waals surface area contributed by atoms with E-state index in [2.05, 4.69) is 20.9 Å². The molecule has 0 fully saturated rings. The summed E-state index contributed by atoms with van der Waals surface area (Å²) in [6.45, 7) is 2.37. The number of aromatic nitrogens is 1. The van der Waals surface area contributed by atoms with Gasteiger partial charge >= 0.3 is 0 Å². The van der Waals surface area contributed by atoms with E-state index in [1.807, 2.05) is 6.92 Å². The maximum Gasteiger partial charge on any atom is 0.195 e. The van der Waals surface area contributed by atoms with E-state index in [9.17, 15) is 4.79 Å². The van der Waals surface area contributed by atoms with Crippen LogP contribution in [0.2, 0.25) is 0 Å². The van der Waals surface area contributed by atoms with Crippen LogP contribution in [-0.2, 0) is 0 Å². The summed E-state index contributed by atoms with van der Waals surface area (Å²) in [5.74, 6) is 1.13. The van der Waals surface area contributed by atoms with E-state index in [-0.39, 0.29) is 5.43 Å². The van der Waals surface area contributed by atoms with Crippen molar-refractivity contribution in [2.24, 2.45) is 0 Å². The number of benzene rings is 1. The molecule has 0 radical (unpaired) electrons. The summed E-state index contributed by atoms with van der Waals surface area (Å²) >= 11 is 3.41. The Morgan fingerprint density at radius 3 is 2.82 bits per heavy atom. The number of rotatable bonds is 3. The van der Waals surface area contributed by atoms with Gasteiger partial charge in [-0.05, 0) is 35.0 Å². The lowest BCUT2D eigenvalue weighted by atomic mass is 10.2. The first kappa shape index (κ1) is 12.0. The molecule has 90 valence electrons. The molecule has 0 aliphatic carbocycles. The zero-order valence-corrected chi connectivity index (χ0v) is 11.1. The Hall–Kier alpha value is -1.49. The molecule has 1 heterocycles. The van der Waals surface area contributed by atoms with E-state index < -0.39 is 0 Å². The highest BCUT2D eigenvalue weighted by Crippen LogP contribution is 2.31. The van der Waals surface area contributed by atoms with Gasteiger partial charge in [0.1, 0.15) is 5.75 Å². The third kappa shape index (κ3) is 2.15. The van der Waals surface area contributed by atoms with Gasteiger partial charge in [-0.15, -0.1) is 0 Å². The normalized spacial score (nSPS) is 10.5. The van der Waals surface area contributed by atoms with Crippen LogP contribution in [0.1, 0.15) is 6.92 Å². The van der Waals surface area contributed by atoms with Gasteiger partial charge < -0.3 is 14.5 Å². The molecule has 0 amide bonds. The molecule has 0 saturated carbocycles. The first-order chi connectivity index (χ1) is 8.17. The summed E-state index contributed by atoms with van der Waals surface area (Å²) < 4.78 is 11.2. The first-order valence-corrected chi connectivity index (χ1v) is 5.99. The maximum atomic E-state index is 11.9. The Kier molecular flexibility index (Phi) is 3.38.